The van der Waals surface area contributed by atoms with Crippen molar-refractivity contribution in [3.63, 3.8) is 0 Å². The molecule has 0 unspecified atom stereocenters. The second-order valence-corrected chi connectivity index (χ2v) is 3.52. The van der Waals surface area contributed by atoms with Crippen LogP contribution in [0.4, 0.5) is 0 Å². The maximum absolute atomic E-state index is 11.3. The summed E-state index contributed by atoms with van der Waals surface area (Å²) in [6.45, 7) is 1.92. The lowest BCUT2D eigenvalue weighted by atomic mass is 10.0. The van der Waals surface area contributed by atoms with Crippen LogP contribution in [0.2, 0.25) is 0 Å². The van der Waals surface area contributed by atoms with Gasteiger partial charge in [0.25, 0.3) is 0 Å². The van der Waals surface area contributed by atoms with Crippen molar-refractivity contribution in [1.82, 2.24) is 0 Å². The highest BCUT2D eigenvalue weighted by molar-refractivity contribution is 6.04. The minimum Gasteiger partial charge on any atom is -0.507 e. The lowest BCUT2D eigenvalue weighted by molar-refractivity contribution is 0.0600. The molecule has 17 heavy (non-hydrogen) atoms. The molecule has 0 amide bonds. The Bertz CT molecular complexity index is 440. The van der Waals surface area contributed by atoms with Crippen LogP contribution >= 0.6 is 0 Å². The summed E-state index contributed by atoms with van der Waals surface area (Å²) in [6.07, 6.45) is 1.27. The second kappa shape index (κ2) is 5.89. The third-order valence-corrected chi connectivity index (χ3v) is 2.34. The Morgan fingerprint density at radius 1 is 1.47 bits per heavy atom. The van der Waals surface area contributed by atoms with E-state index < -0.39 is 5.97 Å². The first-order valence-electron chi connectivity index (χ1n) is 5.26. The van der Waals surface area contributed by atoms with Gasteiger partial charge in [0.2, 0.25) is 0 Å². The predicted molar refractivity (Wildman–Crippen MR) is 62.7 cm³/mol. The monoisotopic (exact) mass is 237 g/mol. The molecule has 0 aliphatic carbocycles. The Morgan fingerprint density at radius 2 is 2.18 bits per heavy atom. The van der Waals surface area contributed by atoms with E-state index >= 15 is 0 Å². The van der Waals surface area contributed by atoms with E-state index in [1.165, 1.54) is 25.3 Å². The molecular weight excluding hydrogens is 222 g/mol. The van der Waals surface area contributed by atoms with E-state index in [0.29, 0.717) is 23.3 Å². The van der Waals surface area contributed by atoms with Crippen LogP contribution in [0.1, 0.15) is 35.7 Å². The van der Waals surface area contributed by atoms with Gasteiger partial charge in [-0.1, -0.05) is 18.5 Å². The smallest absolute Gasteiger partial charge is 0.337 e. The Hall–Kier alpha value is -2.04. The molecule has 0 fully saturated rings. The van der Waals surface area contributed by atoms with E-state index in [9.17, 15) is 9.90 Å². The van der Waals surface area contributed by atoms with E-state index in [4.69, 9.17) is 5.21 Å². The molecule has 0 aromatic heterocycles. The Balaban J connectivity index is 3.18. The number of hydrogen-bond donors (Lipinski definition) is 2. The first kappa shape index (κ1) is 13.0. The molecule has 0 heterocycles. The highest BCUT2D eigenvalue weighted by Gasteiger charge is 2.13. The van der Waals surface area contributed by atoms with Gasteiger partial charge in [0.15, 0.2) is 0 Å². The summed E-state index contributed by atoms with van der Waals surface area (Å²) >= 11 is 0. The largest absolute Gasteiger partial charge is 0.507 e. The van der Waals surface area contributed by atoms with Crippen molar-refractivity contribution in [3.05, 3.63) is 29.3 Å². The topological polar surface area (TPSA) is 79.1 Å². The molecule has 0 radical (unpaired) electrons. The van der Waals surface area contributed by atoms with Gasteiger partial charge in [0, 0.05) is 5.56 Å². The first-order valence-corrected chi connectivity index (χ1v) is 5.26. The molecule has 2 N–H and O–H groups in total. The number of phenols is 1. The fraction of sp³-hybridized carbons (Fsp3) is 0.333. The van der Waals surface area contributed by atoms with Gasteiger partial charge in [-0.05, 0) is 24.6 Å². The zero-order chi connectivity index (χ0) is 12.8. The number of esters is 1. The van der Waals surface area contributed by atoms with E-state index in [2.05, 4.69) is 9.89 Å². The summed E-state index contributed by atoms with van der Waals surface area (Å²) in [5.41, 5.74) is 0.991. The van der Waals surface area contributed by atoms with Gasteiger partial charge >= 0.3 is 5.97 Å². The van der Waals surface area contributed by atoms with Gasteiger partial charge in [0.05, 0.1) is 18.4 Å². The maximum atomic E-state index is 11.3. The van der Waals surface area contributed by atoms with Crippen LogP contribution in [0.25, 0.3) is 0 Å². The molecule has 92 valence electrons. The van der Waals surface area contributed by atoms with E-state index in [1.54, 1.807) is 0 Å². The molecule has 1 aromatic carbocycles. The third kappa shape index (κ3) is 2.96. The molecule has 1 aromatic rings. The van der Waals surface area contributed by atoms with Crippen molar-refractivity contribution in [2.75, 3.05) is 7.11 Å². The van der Waals surface area contributed by atoms with Crippen LogP contribution in [-0.2, 0) is 4.74 Å². The minimum absolute atomic E-state index is 0.0288. The third-order valence-electron chi connectivity index (χ3n) is 2.34. The van der Waals surface area contributed by atoms with E-state index in [-0.39, 0.29) is 5.75 Å². The van der Waals surface area contributed by atoms with Gasteiger partial charge in [-0.2, -0.15) is 0 Å². The zero-order valence-electron chi connectivity index (χ0n) is 9.80. The average molecular weight is 237 g/mol. The van der Waals surface area contributed by atoms with Crippen molar-refractivity contribution in [3.8, 4) is 5.75 Å². The molecule has 0 bridgehead atoms. The standard InChI is InChI=1S/C12H15NO4/c1-3-4-10(13-16)9-7-8(12(15)17-2)5-6-11(9)14/h5-7,14,16H,3-4H2,1-2H3/b13-10-. The van der Waals surface area contributed by atoms with Crippen molar-refractivity contribution >= 4 is 11.7 Å². The fourth-order valence-electron chi connectivity index (χ4n) is 1.49. The normalized spacial score (nSPS) is 11.3. The van der Waals surface area contributed by atoms with Crippen LogP contribution in [0.5, 0.6) is 5.75 Å². The van der Waals surface area contributed by atoms with Crippen LogP contribution in [-0.4, -0.2) is 29.1 Å². The Kier molecular flexibility index (Phi) is 4.51. The summed E-state index contributed by atoms with van der Waals surface area (Å²) < 4.78 is 4.58. The van der Waals surface area contributed by atoms with Crippen molar-refractivity contribution in [1.29, 1.82) is 0 Å². The van der Waals surface area contributed by atoms with Crippen molar-refractivity contribution in [2.45, 2.75) is 19.8 Å². The van der Waals surface area contributed by atoms with E-state index in [1.807, 2.05) is 6.92 Å². The summed E-state index contributed by atoms with van der Waals surface area (Å²) in [6, 6.07) is 4.28. The van der Waals surface area contributed by atoms with E-state index in [0.717, 1.165) is 6.42 Å². The molecule has 1 rings (SSSR count). The molecule has 0 aliphatic heterocycles. The highest BCUT2D eigenvalue weighted by Crippen LogP contribution is 2.21. The molecule has 0 atom stereocenters. The summed E-state index contributed by atoms with van der Waals surface area (Å²) in [7, 11) is 1.28. The first-order chi connectivity index (χ1) is 8.13. The Morgan fingerprint density at radius 3 is 2.71 bits per heavy atom. The SMILES string of the molecule is CCC/C(=N/O)c1cc(C(=O)OC)ccc1O. The molecule has 0 spiro atoms. The summed E-state index contributed by atoms with van der Waals surface area (Å²) in [5, 5.41) is 21.7. The number of ether oxygens (including phenoxy) is 1. The fourth-order valence-corrected chi connectivity index (χ4v) is 1.49. The Labute approximate surface area is 99.3 Å². The van der Waals surface area contributed by atoms with Crippen molar-refractivity contribution < 1.29 is 19.8 Å². The summed E-state index contributed by atoms with van der Waals surface area (Å²) in [4.78, 5) is 11.3. The quantitative estimate of drug-likeness (QED) is 0.364. The minimum atomic E-state index is -0.500. The number of hydrogen-bond acceptors (Lipinski definition) is 5. The summed E-state index contributed by atoms with van der Waals surface area (Å²) in [5.74, 6) is -0.529. The van der Waals surface area contributed by atoms with Crippen LogP contribution in [0.3, 0.4) is 0 Å². The van der Waals surface area contributed by atoms with Gasteiger partial charge in [-0.3, -0.25) is 0 Å². The van der Waals surface area contributed by atoms with Crippen LogP contribution in [0.15, 0.2) is 23.4 Å². The maximum Gasteiger partial charge on any atom is 0.337 e. The molecule has 0 saturated heterocycles. The number of aromatic hydroxyl groups is 1. The predicted octanol–water partition coefficient (Wildman–Crippen LogP) is 2.16. The highest BCUT2D eigenvalue weighted by atomic mass is 16.5. The zero-order valence-corrected chi connectivity index (χ0v) is 9.80. The van der Waals surface area contributed by atoms with Gasteiger partial charge in [0.1, 0.15) is 5.75 Å². The number of benzene rings is 1. The van der Waals surface area contributed by atoms with Gasteiger partial charge in [-0.25, -0.2) is 4.79 Å². The lowest BCUT2D eigenvalue weighted by Crippen LogP contribution is -2.06. The number of nitrogens with zero attached hydrogens (tertiary/aromatic N) is 1. The number of carbonyl (C=O) groups excluding carboxylic acids is 1. The number of oxime groups is 1. The molecule has 5 nitrogen and oxygen atoms in total. The molecule has 5 heteroatoms. The number of rotatable bonds is 4. The number of phenolic OH excluding ortho intramolecular Hbond substituents is 1. The molecule has 0 aliphatic rings. The van der Waals surface area contributed by atoms with Crippen LogP contribution in [0, 0.1) is 0 Å². The number of methoxy groups -OCH3 is 1. The van der Waals surface area contributed by atoms with Gasteiger partial charge < -0.3 is 15.1 Å². The second-order valence-electron chi connectivity index (χ2n) is 3.52. The van der Waals surface area contributed by atoms with Crippen molar-refractivity contribution in [2.24, 2.45) is 5.16 Å². The van der Waals surface area contributed by atoms with Gasteiger partial charge in [-0.15, -0.1) is 0 Å². The molecule has 0 saturated carbocycles. The number of carbonyl (C=O) groups is 1. The average Bonchev–Trinajstić information content (AvgIpc) is 2.36. The molecular formula is C12H15NO4. The van der Waals surface area contributed by atoms with Crippen LogP contribution < -0.4 is 0 Å². The lowest BCUT2D eigenvalue weighted by Gasteiger charge is -2.07.